The fraction of sp³-hybridized carbons (Fsp3) is 0.300. The molecule has 5 heteroatoms. The van der Waals surface area contributed by atoms with Crippen LogP contribution in [0.1, 0.15) is 6.92 Å². The normalized spacial score (nSPS) is 10.7. The molecule has 1 N–H and O–H groups in total. The number of allylic oxidation sites excluding steroid dienone is 1. The molecule has 1 rings (SSSR count). The second-order valence-corrected chi connectivity index (χ2v) is 2.74. The van der Waals surface area contributed by atoms with Gasteiger partial charge >= 0.3 is 0 Å². The van der Waals surface area contributed by atoms with E-state index < -0.39 is 11.6 Å². The molecule has 15 heavy (non-hydrogen) atoms. The number of nitrogens with one attached hydrogen (secondary N) is 1. The first kappa shape index (κ1) is 11.4. The van der Waals surface area contributed by atoms with Crippen LogP contribution in [-0.2, 0) is 0 Å². The summed E-state index contributed by atoms with van der Waals surface area (Å²) in [6, 6.07) is 0.740. The van der Waals surface area contributed by atoms with E-state index in [2.05, 4.69) is 10.3 Å². The molecule has 3 nitrogen and oxygen atoms in total. The van der Waals surface area contributed by atoms with Crippen LogP contribution in [0.15, 0.2) is 18.2 Å². The van der Waals surface area contributed by atoms with Gasteiger partial charge in [0.25, 0.3) is 5.88 Å². The van der Waals surface area contributed by atoms with Crippen LogP contribution in [0.5, 0.6) is 5.88 Å². The van der Waals surface area contributed by atoms with E-state index in [-0.39, 0.29) is 18.3 Å². The molecule has 1 aromatic heterocycles. The highest BCUT2D eigenvalue weighted by Crippen LogP contribution is 2.20. The summed E-state index contributed by atoms with van der Waals surface area (Å²) in [4.78, 5) is 3.64. The van der Waals surface area contributed by atoms with Gasteiger partial charge in [-0.2, -0.15) is 4.98 Å². The maximum atomic E-state index is 13.1. The molecular weight excluding hydrogens is 202 g/mol. The van der Waals surface area contributed by atoms with Crippen molar-refractivity contribution in [3.63, 3.8) is 0 Å². The van der Waals surface area contributed by atoms with Gasteiger partial charge in [0.15, 0.2) is 17.5 Å². The van der Waals surface area contributed by atoms with Crippen molar-refractivity contribution in [1.82, 2.24) is 4.98 Å². The fourth-order valence-corrected chi connectivity index (χ4v) is 0.950. The maximum Gasteiger partial charge on any atom is 0.252 e. The molecule has 0 amide bonds. The van der Waals surface area contributed by atoms with Gasteiger partial charge < -0.3 is 10.1 Å². The minimum absolute atomic E-state index is 0.0353. The molecule has 82 valence electrons. The molecule has 0 aliphatic rings. The van der Waals surface area contributed by atoms with E-state index >= 15 is 0 Å². The molecule has 0 bridgehead atoms. The minimum Gasteiger partial charge on any atom is -0.471 e. The predicted molar refractivity (Wildman–Crippen MR) is 54.0 cm³/mol. The lowest BCUT2D eigenvalue weighted by Gasteiger charge is -2.06. The van der Waals surface area contributed by atoms with Gasteiger partial charge in [-0.25, -0.2) is 8.78 Å². The van der Waals surface area contributed by atoms with E-state index in [1.165, 1.54) is 7.05 Å². The topological polar surface area (TPSA) is 34.1 Å². The van der Waals surface area contributed by atoms with Crippen molar-refractivity contribution < 1.29 is 13.5 Å². The number of aromatic nitrogens is 1. The first-order valence-electron chi connectivity index (χ1n) is 4.46. The average Bonchev–Trinajstić information content (AvgIpc) is 2.21. The van der Waals surface area contributed by atoms with Crippen molar-refractivity contribution >= 4 is 5.82 Å². The van der Waals surface area contributed by atoms with E-state index in [1.54, 1.807) is 12.2 Å². The van der Waals surface area contributed by atoms with Crippen LogP contribution in [0.4, 0.5) is 14.6 Å². The second-order valence-electron chi connectivity index (χ2n) is 2.74. The third-order valence-electron chi connectivity index (χ3n) is 1.69. The van der Waals surface area contributed by atoms with Crippen LogP contribution < -0.4 is 10.1 Å². The first-order chi connectivity index (χ1) is 7.19. The zero-order valence-corrected chi connectivity index (χ0v) is 8.55. The van der Waals surface area contributed by atoms with Gasteiger partial charge in [-0.1, -0.05) is 12.2 Å². The molecule has 0 aliphatic heterocycles. The Morgan fingerprint density at radius 2 is 2.20 bits per heavy atom. The number of halogens is 2. The Morgan fingerprint density at radius 1 is 1.47 bits per heavy atom. The first-order valence-corrected chi connectivity index (χ1v) is 4.46. The van der Waals surface area contributed by atoms with Gasteiger partial charge in [-0.15, -0.1) is 0 Å². The molecule has 0 unspecified atom stereocenters. The van der Waals surface area contributed by atoms with Crippen LogP contribution in [0.3, 0.4) is 0 Å². The monoisotopic (exact) mass is 214 g/mol. The average molecular weight is 214 g/mol. The van der Waals surface area contributed by atoms with Crippen molar-refractivity contribution in [1.29, 1.82) is 0 Å². The van der Waals surface area contributed by atoms with Crippen molar-refractivity contribution in [2.45, 2.75) is 6.92 Å². The lowest BCUT2D eigenvalue weighted by Crippen LogP contribution is -2.03. The summed E-state index contributed by atoms with van der Waals surface area (Å²) in [6.45, 7) is 2.02. The highest BCUT2D eigenvalue weighted by atomic mass is 19.1. The number of hydrogen-bond donors (Lipinski definition) is 1. The lowest BCUT2D eigenvalue weighted by atomic mass is 10.4. The number of rotatable bonds is 4. The summed E-state index contributed by atoms with van der Waals surface area (Å²) in [6.07, 6.45) is 3.46. The summed E-state index contributed by atoms with van der Waals surface area (Å²) in [5.74, 6) is -1.80. The van der Waals surface area contributed by atoms with E-state index in [9.17, 15) is 8.78 Å². The SMILES string of the molecule is C/C=C/COc1nc(NC)c(F)cc1F. The highest BCUT2D eigenvalue weighted by Gasteiger charge is 2.11. The van der Waals surface area contributed by atoms with Crippen LogP contribution in [0, 0.1) is 11.6 Å². The maximum absolute atomic E-state index is 13.1. The quantitative estimate of drug-likeness (QED) is 0.781. The van der Waals surface area contributed by atoms with Crippen molar-refractivity contribution in [3.05, 3.63) is 29.9 Å². The van der Waals surface area contributed by atoms with Crippen LogP contribution in [0.2, 0.25) is 0 Å². The summed E-state index contributed by atoms with van der Waals surface area (Å²) in [5.41, 5.74) is 0. The Balaban J connectivity index is 2.87. The molecule has 0 aliphatic carbocycles. The molecule has 0 fully saturated rings. The third kappa shape index (κ3) is 2.90. The van der Waals surface area contributed by atoms with Gasteiger partial charge in [-0.05, 0) is 6.92 Å². The van der Waals surface area contributed by atoms with E-state index in [1.807, 2.05) is 6.92 Å². The molecule has 0 saturated heterocycles. The van der Waals surface area contributed by atoms with Crippen molar-refractivity contribution in [3.8, 4) is 5.88 Å². The van der Waals surface area contributed by atoms with Crippen LogP contribution in [-0.4, -0.2) is 18.6 Å². The number of ether oxygens (including phenoxy) is 1. The minimum atomic E-state index is -0.809. The van der Waals surface area contributed by atoms with E-state index in [4.69, 9.17) is 4.74 Å². The number of nitrogens with zero attached hydrogens (tertiary/aromatic N) is 1. The standard InChI is InChI=1S/C10H12F2N2O/c1-3-4-5-15-10-8(12)6-7(11)9(13-2)14-10/h3-4,6H,5H2,1-2H3,(H,13,14)/b4-3+. The summed E-state index contributed by atoms with van der Waals surface area (Å²) < 4.78 is 31.1. The second kappa shape index (κ2) is 5.29. The Kier molecular flexibility index (Phi) is 4.03. The van der Waals surface area contributed by atoms with Crippen molar-refractivity contribution in [2.24, 2.45) is 0 Å². The van der Waals surface area contributed by atoms with Crippen LogP contribution in [0.25, 0.3) is 0 Å². The van der Waals surface area contributed by atoms with Gasteiger partial charge in [0, 0.05) is 13.1 Å². The van der Waals surface area contributed by atoms with Gasteiger partial charge in [0.05, 0.1) is 0 Å². The number of anilines is 1. The Labute approximate surface area is 86.8 Å². The highest BCUT2D eigenvalue weighted by molar-refractivity contribution is 5.38. The molecular formula is C10H12F2N2O. The summed E-state index contributed by atoms with van der Waals surface area (Å²) in [7, 11) is 1.50. The molecule has 0 radical (unpaired) electrons. The Bertz CT molecular complexity index is 367. The molecule has 0 spiro atoms. The predicted octanol–water partition coefficient (Wildman–Crippen LogP) is 2.36. The molecule has 0 saturated carbocycles. The van der Waals surface area contributed by atoms with Gasteiger partial charge in [0.1, 0.15) is 6.61 Å². The smallest absolute Gasteiger partial charge is 0.252 e. The summed E-state index contributed by atoms with van der Waals surface area (Å²) in [5, 5.41) is 2.50. The van der Waals surface area contributed by atoms with Gasteiger partial charge in [-0.3, -0.25) is 0 Å². The Morgan fingerprint density at radius 3 is 2.80 bits per heavy atom. The zero-order valence-electron chi connectivity index (χ0n) is 8.55. The van der Waals surface area contributed by atoms with Gasteiger partial charge in [0.2, 0.25) is 0 Å². The number of hydrogen-bond acceptors (Lipinski definition) is 3. The molecule has 1 aromatic rings. The van der Waals surface area contributed by atoms with E-state index in [0.29, 0.717) is 0 Å². The van der Waals surface area contributed by atoms with Crippen molar-refractivity contribution in [2.75, 3.05) is 19.0 Å². The third-order valence-corrected chi connectivity index (χ3v) is 1.69. The zero-order chi connectivity index (χ0) is 11.3. The van der Waals surface area contributed by atoms with E-state index in [0.717, 1.165) is 6.07 Å². The summed E-state index contributed by atoms with van der Waals surface area (Å²) >= 11 is 0. The largest absolute Gasteiger partial charge is 0.471 e. The molecule has 1 heterocycles. The van der Waals surface area contributed by atoms with Crippen LogP contribution >= 0.6 is 0 Å². The molecule has 0 aromatic carbocycles. The molecule has 0 atom stereocenters. The Hall–Kier alpha value is -1.65. The fourth-order valence-electron chi connectivity index (χ4n) is 0.950. The lowest BCUT2D eigenvalue weighted by molar-refractivity contribution is 0.325. The number of pyridine rings is 1.